The molecule has 1 N–H and O–H groups in total. The van der Waals surface area contributed by atoms with Crippen molar-refractivity contribution in [3.63, 3.8) is 0 Å². The van der Waals surface area contributed by atoms with Crippen LogP contribution in [0.1, 0.15) is 38.3 Å². The molecular weight excluding hydrogens is 338 g/mol. The smallest absolute Gasteiger partial charge is 0.165 e. The van der Waals surface area contributed by atoms with Crippen LogP contribution in [-0.2, 0) is 0 Å². The van der Waals surface area contributed by atoms with Gasteiger partial charge in [-0.2, -0.15) is 0 Å². The van der Waals surface area contributed by atoms with Crippen molar-refractivity contribution in [3.8, 4) is 5.75 Å². The molecule has 1 atom stereocenters. The van der Waals surface area contributed by atoms with Gasteiger partial charge in [0.25, 0.3) is 0 Å². The van der Waals surface area contributed by atoms with Crippen molar-refractivity contribution >= 4 is 24.8 Å². The molecule has 0 bridgehead atoms. The second-order valence-electron chi connectivity index (χ2n) is 6.17. The molecule has 0 aromatic heterocycles. The summed E-state index contributed by atoms with van der Waals surface area (Å²) in [6, 6.07) is 5.65. The highest BCUT2D eigenvalue weighted by Gasteiger charge is 2.23. The fraction of sp³-hybridized carbons (Fsp3) is 0.647. The number of piperazine rings is 1. The van der Waals surface area contributed by atoms with Crippen molar-refractivity contribution in [2.75, 3.05) is 33.3 Å². The maximum atomic E-state index is 13.6. The molecule has 1 aliphatic heterocycles. The van der Waals surface area contributed by atoms with Crippen LogP contribution in [0.15, 0.2) is 18.2 Å². The van der Waals surface area contributed by atoms with E-state index >= 15 is 0 Å². The predicted octanol–water partition coefficient (Wildman–Crippen LogP) is 4.06. The molecule has 0 amide bonds. The maximum absolute atomic E-state index is 13.6. The van der Waals surface area contributed by atoms with Crippen LogP contribution in [0.2, 0.25) is 0 Å². The van der Waals surface area contributed by atoms with Gasteiger partial charge in [-0.05, 0) is 36.5 Å². The molecule has 1 saturated heterocycles. The SMILES string of the molecule is COc1cc([C@H](CCC(C)C)N2CCNCC2)ccc1F.Cl.Cl. The van der Waals surface area contributed by atoms with Crippen LogP contribution in [0, 0.1) is 11.7 Å². The van der Waals surface area contributed by atoms with Crippen LogP contribution >= 0.6 is 24.8 Å². The van der Waals surface area contributed by atoms with E-state index in [-0.39, 0.29) is 30.6 Å². The minimum absolute atomic E-state index is 0. The Morgan fingerprint density at radius 1 is 1.17 bits per heavy atom. The summed E-state index contributed by atoms with van der Waals surface area (Å²) in [7, 11) is 1.52. The second-order valence-corrected chi connectivity index (χ2v) is 6.17. The number of rotatable bonds is 6. The number of ether oxygens (including phenoxy) is 1. The van der Waals surface area contributed by atoms with Gasteiger partial charge >= 0.3 is 0 Å². The third-order valence-corrected chi connectivity index (χ3v) is 4.17. The molecule has 1 aliphatic rings. The Balaban J connectivity index is 0.00000242. The average Bonchev–Trinajstić information content (AvgIpc) is 2.49. The van der Waals surface area contributed by atoms with Crippen LogP contribution < -0.4 is 10.1 Å². The van der Waals surface area contributed by atoms with Crippen LogP contribution in [0.3, 0.4) is 0 Å². The van der Waals surface area contributed by atoms with Crippen molar-refractivity contribution in [1.82, 2.24) is 10.2 Å². The molecular formula is C17H29Cl2FN2O. The number of nitrogens with one attached hydrogen (secondary N) is 1. The highest BCUT2D eigenvalue weighted by atomic mass is 35.5. The molecule has 23 heavy (non-hydrogen) atoms. The van der Waals surface area contributed by atoms with Gasteiger partial charge in [-0.3, -0.25) is 4.90 Å². The third kappa shape index (κ3) is 6.46. The highest BCUT2D eigenvalue weighted by Crippen LogP contribution is 2.31. The Bertz CT molecular complexity index is 454. The summed E-state index contributed by atoms with van der Waals surface area (Å²) in [5.41, 5.74) is 1.16. The van der Waals surface area contributed by atoms with E-state index in [1.807, 2.05) is 12.1 Å². The molecule has 3 nitrogen and oxygen atoms in total. The van der Waals surface area contributed by atoms with E-state index in [4.69, 9.17) is 4.74 Å². The van der Waals surface area contributed by atoms with Crippen LogP contribution in [0.25, 0.3) is 0 Å². The van der Waals surface area contributed by atoms with E-state index in [2.05, 4.69) is 24.1 Å². The van der Waals surface area contributed by atoms with Gasteiger partial charge < -0.3 is 10.1 Å². The van der Waals surface area contributed by atoms with Crippen molar-refractivity contribution < 1.29 is 9.13 Å². The lowest BCUT2D eigenvalue weighted by atomic mass is 9.95. The standard InChI is InChI=1S/C17H27FN2O.2ClH/c1-13(2)4-7-16(20-10-8-19-9-11-20)14-5-6-15(18)17(12-14)21-3;;/h5-6,12-13,16,19H,4,7-11H2,1-3H3;2*1H/t16-;;/m0../s1. The molecule has 0 radical (unpaired) electrons. The summed E-state index contributed by atoms with van der Waals surface area (Å²) < 4.78 is 18.8. The van der Waals surface area contributed by atoms with Crippen molar-refractivity contribution in [1.29, 1.82) is 0 Å². The minimum Gasteiger partial charge on any atom is -0.494 e. The molecule has 0 spiro atoms. The molecule has 134 valence electrons. The molecule has 0 unspecified atom stereocenters. The maximum Gasteiger partial charge on any atom is 0.165 e. The van der Waals surface area contributed by atoms with Gasteiger partial charge in [-0.15, -0.1) is 24.8 Å². The predicted molar refractivity (Wildman–Crippen MR) is 98.7 cm³/mol. The molecule has 1 fully saturated rings. The molecule has 2 rings (SSSR count). The van der Waals surface area contributed by atoms with Gasteiger partial charge in [0.1, 0.15) is 0 Å². The van der Waals surface area contributed by atoms with Crippen molar-refractivity contribution in [3.05, 3.63) is 29.6 Å². The van der Waals surface area contributed by atoms with Crippen molar-refractivity contribution in [2.24, 2.45) is 5.92 Å². The number of halogens is 3. The van der Waals surface area contributed by atoms with E-state index in [0.717, 1.165) is 38.2 Å². The van der Waals surface area contributed by atoms with E-state index in [1.165, 1.54) is 19.6 Å². The highest BCUT2D eigenvalue weighted by molar-refractivity contribution is 5.85. The second kappa shape index (κ2) is 11.1. The van der Waals surface area contributed by atoms with E-state index in [0.29, 0.717) is 17.7 Å². The zero-order valence-electron chi connectivity index (χ0n) is 14.2. The van der Waals surface area contributed by atoms with Crippen LogP contribution in [-0.4, -0.2) is 38.2 Å². The molecule has 0 saturated carbocycles. The summed E-state index contributed by atoms with van der Waals surface area (Å²) in [6.07, 6.45) is 2.28. The summed E-state index contributed by atoms with van der Waals surface area (Å²) >= 11 is 0. The first-order valence-corrected chi connectivity index (χ1v) is 7.90. The Kier molecular flexibility index (Phi) is 10.8. The molecule has 1 aromatic rings. The van der Waals surface area contributed by atoms with E-state index < -0.39 is 0 Å². The van der Waals surface area contributed by atoms with Gasteiger partial charge in [0.05, 0.1) is 7.11 Å². The molecule has 0 aliphatic carbocycles. The molecule has 1 aromatic carbocycles. The Hall–Kier alpha value is -0.550. The number of benzene rings is 1. The summed E-state index contributed by atoms with van der Waals surface area (Å²) in [5, 5.41) is 3.39. The topological polar surface area (TPSA) is 24.5 Å². The van der Waals surface area contributed by atoms with E-state index in [9.17, 15) is 4.39 Å². The minimum atomic E-state index is -0.288. The van der Waals surface area contributed by atoms with Gasteiger partial charge in [0.2, 0.25) is 0 Å². The first kappa shape index (κ1) is 22.4. The molecule has 1 heterocycles. The van der Waals surface area contributed by atoms with Crippen LogP contribution in [0.5, 0.6) is 5.75 Å². The number of nitrogens with zero attached hydrogens (tertiary/aromatic N) is 1. The Labute approximate surface area is 151 Å². The van der Waals surface area contributed by atoms with Gasteiger partial charge in [-0.25, -0.2) is 4.39 Å². The lowest BCUT2D eigenvalue weighted by molar-refractivity contribution is 0.159. The lowest BCUT2D eigenvalue weighted by Gasteiger charge is -2.35. The monoisotopic (exact) mass is 366 g/mol. The van der Waals surface area contributed by atoms with Gasteiger partial charge in [0.15, 0.2) is 11.6 Å². The number of hydrogen-bond acceptors (Lipinski definition) is 3. The third-order valence-electron chi connectivity index (χ3n) is 4.17. The quantitative estimate of drug-likeness (QED) is 0.821. The largest absolute Gasteiger partial charge is 0.494 e. The van der Waals surface area contributed by atoms with Crippen LogP contribution in [0.4, 0.5) is 4.39 Å². The number of hydrogen-bond donors (Lipinski definition) is 1. The van der Waals surface area contributed by atoms with Gasteiger partial charge in [0, 0.05) is 32.2 Å². The van der Waals surface area contributed by atoms with Crippen molar-refractivity contribution in [2.45, 2.75) is 32.7 Å². The molecule has 6 heteroatoms. The normalized spacial score (nSPS) is 16.4. The fourth-order valence-electron chi connectivity index (χ4n) is 2.93. The first-order chi connectivity index (χ1) is 10.1. The number of methoxy groups -OCH3 is 1. The zero-order valence-corrected chi connectivity index (χ0v) is 15.8. The summed E-state index contributed by atoms with van der Waals surface area (Å²) in [4.78, 5) is 2.51. The fourth-order valence-corrected chi connectivity index (χ4v) is 2.93. The summed E-state index contributed by atoms with van der Waals surface area (Å²) in [5.74, 6) is 0.735. The Morgan fingerprint density at radius 2 is 1.83 bits per heavy atom. The van der Waals surface area contributed by atoms with Gasteiger partial charge in [-0.1, -0.05) is 19.9 Å². The Morgan fingerprint density at radius 3 is 2.39 bits per heavy atom. The first-order valence-electron chi connectivity index (χ1n) is 7.90. The zero-order chi connectivity index (χ0) is 15.2. The average molecular weight is 367 g/mol. The summed E-state index contributed by atoms with van der Waals surface area (Å²) in [6.45, 7) is 8.64. The van der Waals surface area contributed by atoms with E-state index in [1.54, 1.807) is 0 Å². The lowest BCUT2D eigenvalue weighted by Crippen LogP contribution is -2.45.